The van der Waals surface area contributed by atoms with Gasteiger partial charge in [-0.1, -0.05) is 5.92 Å². The van der Waals surface area contributed by atoms with Crippen LogP contribution in [0.4, 0.5) is 4.79 Å². The number of carbonyl (C=O) groups is 1. The molecule has 56 valence electrons. The van der Waals surface area contributed by atoms with Crippen molar-refractivity contribution < 1.29 is 9.53 Å². The van der Waals surface area contributed by atoms with E-state index in [2.05, 4.69) is 16.0 Å². The summed E-state index contributed by atoms with van der Waals surface area (Å²) < 4.78 is 4.52. The maximum absolute atomic E-state index is 10.5. The predicted molar refractivity (Wildman–Crippen MR) is 38.9 cm³/mol. The van der Waals surface area contributed by atoms with Crippen molar-refractivity contribution in [3.05, 3.63) is 0 Å². The second-order valence-corrected chi connectivity index (χ2v) is 1.76. The van der Waals surface area contributed by atoms with E-state index in [4.69, 9.17) is 18.0 Å². The van der Waals surface area contributed by atoms with Crippen LogP contribution in [0.25, 0.3) is 0 Å². The van der Waals surface area contributed by atoms with Gasteiger partial charge in [-0.15, -0.1) is 18.0 Å². The second-order valence-electron chi connectivity index (χ2n) is 1.38. The van der Waals surface area contributed by atoms with E-state index in [1.165, 1.54) is 0 Å². The molecule has 0 aliphatic heterocycles. The molecule has 0 atom stereocenters. The normalized spacial score (nSPS) is 8.00. The molecule has 10 heavy (non-hydrogen) atoms. The van der Waals surface area contributed by atoms with Crippen LogP contribution in [0, 0.1) is 12.3 Å². The van der Waals surface area contributed by atoms with E-state index < -0.39 is 6.09 Å². The van der Waals surface area contributed by atoms with Crippen molar-refractivity contribution in [1.82, 2.24) is 5.32 Å². The van der Waals surface area contributed by atoms with Gasteiger partial charge >= 0.3 is 6.09 Å². The molecule has 0 bridgehead atoms. The van der Waals surface area contributed by atoms with Crippen molar-refractivity contribution in [3.8, 4) is 12.3 Å². The average molecular weight is 162 g/mol. The topological polar surface area (TPSA) is 38.3 Å². The highest BCUT2D eigenvalue weighted by Gasteiger charge is 1.96. The highest BCUT2D eigenvalue weighted by atomic mass is 35.5. The van der Waals surface area contributed by atoms with Gasteiger partial charge in [0.05, 0.1) is 12.4 Å². The van der Waals surface area contributed by atoms with Gasteiger partial charge in [-0.25, -0.2) is 4.79 Å². The monoisotopic (exact) mass is 161 g/mol. The number of nitrogens with one attached hydrogen (secondary N) is 1. The third-order valence-electron chi connectivity index (χ3n) is 0.645. The van der Waals surface area contributed by atoms with Crippen molar-refractivity contribution in [3.63, 3.8) is 0 Å². The first kappa shape index (κ1) is 9.12. The van der Waals surface area contributed by atoms with E-state index in [1.807, 2.05) is 0 Å². The van der Waals surface area contributed by atoms with Gasteiger partial charge in [0.15, 0.2) is 0 Å². The number of halogens is 1. The Morgan fingerprint density at radius 3 is 3.00 bits per heavy atom. The molecule has 0 aliphatic carbocycles. The molecule has 0 aliphatic rings. The number of hydrogen-bond donors (Lipinski definition) is 1. The molecule has 0 radical (unpaired) electrons. The van der Waals surface area contributed by atoms with E-state index in [9.17, 15) is 4.79 Å². The van der Waals surface area contributed by atoms with Gasteiger partial charge in [0, 0.05) is 0 Å². The van der Waals surface area contributed by atoms with E-state index in [-0.39, 0.29) is 13.2 Å². The number of rotatable bonds is 3. The minimum absolute atomic E-state index is 0.182. The zero-order valence-electron chi connectivity index (χ0n) is 5.39. The van der Waals surface area contributed by atoms with E-state index in [0.29, 0.717) is 5.88 Å². The summed E-state index contributed by atoms with van der Waals surface area (Å²) in [5.74, 6) is 2.53. The first-order valence-electron chi connectivity index (χ1n) is 2.71. The van der Waals surface area contributed by atoms with Gasteiger partial charge in [0.25, 0.3) is 0 Å². The fraction of sp³-hybridized carbons (Fsp3) is 0.500. The average Bonchev–Trinajstić information content (AvgIpc) is 1.97. The van der Waals surface area contributed by atoms with Crippen LogP contribution in [0.15, 0.2) is 0 Å². The van der Waals surface area contributed by atoms with Gasteiger partial charge in [0.1, 0.15) is 6.61 Å². The van der Waals surface area contributed by atoms with Crippen molar-refractivity contribution in [2.24, 2.45) is 0 Å². The summed E-state index contributed by atoms with van der Waals surface area (Å²) in [7, 11) is 0. The van der Waals surface area contributed by atoms with Crippen molar-refractivity contribution >= 4 is 17.7 Å². The molecule has 0 fully saturated rings. The third-order valence-corrected chi connectivity index (χ3v) is 0.799. The lowest BCUT2D eigenvalue weighted by Crippen LogP contribution is -2.25. The molecular formula is C6H8ClNO2. The molecule has 4 heteroatoms. The molecule has 0 aromatic carbocycles. The Hall–Kier alpha value is -0.880. The van der Waals surface area contributed by atoms with Gasteiger partial charge in [0.2, 0.25) is 0 Å². The molecule has 0 saturated carbocycles. The number of amides is 1. The van der Waals surface area contributed by atoms with E-state index in [1.54, 1.807) is 0 Å². The largest absolute Gasteiger partial charge is 0.448 e. The summed E-state index contributed by atoms with van der Waals surface area (Å²) in [4.78, 5) is 10.5. The van der Waals surface area contributed by atoms with Crippen LogP contribution in [-0.2, 0) is 4.74 Å². The smallest absolute Gasteiger partial charge is 0.407 e. The molecule has 1 amide bonds. The summed E-state index contributed by atoms with van der Waals surface area (Å²) in [6.45, 7) is 0.388. The molecule has 0 aromatic heterocycles. The number of hydrogen-bond acceptors (Lipinski definition) is 2. The Morgan fingerprint density at radius 2 is 2.50 bits per heavy atom. The van der Waals surface area contributed by atoms with E-state index in [0.717, 1.165) is 0 Å². The number of carbonyl (C=O) groups excluding carboxylic acids is 1. The predicted octanol–water partition coefficient (Wildman–Crippen LogP) is 0.585. The number of ether oxygens (including phenoxy) is 1. The van der Waals surface area contributed by atoms with E-state index >= 15 is 0 Å². The molecule has 0 spiro atoms. The fourth-order valence-electron chi connectivity index (χ4n) is 0.306. The highest BCUT2D eigenvalue weighted by Crippen LogP contribution is 1.79. The first-order chi connectivity index (χ1) is 4.81. The molecule has 1 N–H and O–H groups in total. The highest BCUT2D eigenvalue weighted by molar-refractivity contribution is 6.18. The molecule has 0 unspecified atom stereocenters. The van der Waals surface area contributed by atoms with Gasteiger partial charge in [-0.3, -0.25) is 0 Å². The zero-order valence-corrected chi connectivity index (χ0v) is 6.15. The number of terminal acetylenes is 1. The lowest BCUT2D eigenvalue weighted by molar-refractivity contribution is 0.154. The Balaban J connectivity index is 3.19. The Kier molecular flexibility index (Phi) is 5.69. The van der Waals surface area contributed by atoms with Gasteiger partial charge in [-0.05, 0) is 0 Å². The number of alkyl carbamates (subject to hydrolysis) is 1. The van der Waals surface area contributed by atoms with Crippen LogP contribution >= 0.6 is 11.6 Å². The summed E-state index contributed by atoms with van der Waals surface area (Å²) in [5, 5.41) is 2.31. The summed E-state index contributed by atoms with van der Waals surface area (Å²) >= 11 is 5.23. The summed E-state index contributed by atoms with van der Waals surface area (Å²) in [6.07, 6.45) is 4.33. The van der Waals surface area contributed by atoms with Gasteiger partial charge < -0.3 is 10.1 Å². The lowest BCUT2D eigenvalue weighted by Gasteiger charge is -2.00. The Bertz CT molecular complexity index is 141. The minimum atomic E-state index is -0.529. The first-order valence-corrected chi connectivity index (χ1v) is 3.24. The second kappa shape index (κ2) is 6.24. The zero-order chi connectivity index (χ0) is 7.82. The quantitative estimate of drug-likeness (QED) is 0.486. The Morgan fingerprint density at radius 1 is 1.80 bits per heavy atom. The standard InChI is InChI=1S/C6H8ClNO2/c1-2-4-8-6(9)10-5-3-7/h1H,3-5H2,(H,8,9). The molecule has 3 nitrogen and oxygen atoms in total. The lowest BCUT2D eigenvalue weighted by atomic mass is 10.7. The van der Waals surface area contributed by atoms with Crippen LogP contribution in [0.2, 0.25) is 0 Å². The van der Waals surface area contributed by atoms with Crippen LogP contribution < -0.4 is 5.32 Å². The number of alkyl halides is 1. The molecule has 0 aromatic rings. The van der Waals surface area contributed by atoms with Crippen molar-refractivity contribution in [1.29, 1.82) is 0 Å². The van der Waals surface area contributed by atoms with Crippen molar-refractivity contribution in [2.75, 3.05) is 19.0 Å². The van der Waals surface area contributed by atoms with Crippen molar-refractivity contribution in [2.45, 2.75) is 0 Å². The summed E-state index contributed by atoms with van der Waals surface area (Å²) in [5.41, 5.74) is 0. The molecule has 0 saturated heterocycles. The fourth-order valence-corrected chi connectivity index (χ4v) is 0.383. The van der Waals surface area contributed by atoms with Crippen LogP contribution in [0.3, 0.4) is 0 Å². The third kappa shape index (κ3) is 5.26. The molecular weight excluding hydrogens is 154 g/mol. The Labute approximate surface area is 64.7 Å². The van der Waals surface area contributed by atoms with Crippen LogP contribution in [0.5, 0.6) is 0 Å². The summed E-state index contributed by atoms with van der Waals surface area (Å²) in [6, 6.07) is 0. The minimum Gasteiger partial charge on any atom is -0.448 e. The van der Waals surface area contributed by atoms with Gasteiger partial charge in [-0.2, -0.15) is 0 Å². The molecule has 0 heterocycles. The SMILES string of the molecule is C#CCNC(=O)OCCCl. The maximum Gasteiger partial charge on any atom is 0.407 e. The molecule has 0 rings (SSSR count). The van der Waals surface area contributed by atoms with Crippen LogP contribution in [0.1, 0.15) is 0 Å². The van der Waals surface area contributed by atoms with Crippen LogP contribution in [-0.4, -0.2) is 25.1 Å². The maximum atomic E-state index is 10.5.